The zero-order valence-corrected chi connectivity index (χ0v) is 9.66. The fourth-order valence-electron chi connectivity index (χ4n) is 2.17. The second-order valence-electron chi connectivity index (χ2n) is 4.65. The molecule has 1 heterocycles. The van der Waals surface area contributed by atoms with Crippen molar-refractivity contribution < 1.29 is 0 Å². The van der Waals surface area contributed by atoms with Gasteiger partial charge in [-0.15, -0.1) is 0 Å². The number of rotatable bonds is 3. The molecule has 0 aliphatic carbocycles. The Morgan fingerprint density at radius 1 is 1.47 bits per heavy atom. The lowest BCUT2D eigenvalue weighted by molar-refractivity contribution is 0.666. The smallest absolute Gasteiger partial charge is 0.0397 e. The van der Waals surface area contributed by atoms with Crippen molar-refractivity contribution in [3.05, 3.63) is 29.3 Å². The number of nitrogens with two attached hydrogens (primary N) is 1. The second kappa shape index (κ2) is 4.23. The van der Waals surface area contributed by atoms with Gasteiger partial charge in [0.15, 0.2) is 0 Å². The summed E-state index contributed by atoms with van der Waals surface area (Å²) in [7, 11) is 2.16. The van der Waals surface area contributed by atoms with Crippen LogP contribution in [-0.2, 0) is 12.8 Å². The molecule has 15 heavy (non-hydrogen) atoms. The highest BCUT2D eigenvalue weighted by molar-refractivity contribution is 5.58. The summed E-state index contributed by atoms with van der Waals surface area (Å²) in [5, 5.41) is 0. The fourth-order valence-corrected chi connectivity index (χ4v) is 2.17. The molecule has 1 aromatic carbocycles. The number of fused-ring (bicyclic) bond motifs is 1. The van der Waals surface area contributed by atoms with E-state index in [1.807, 2.05) is 0 Å². The molecule has 0 aromatic heterocycles. The largest absolute Gasteiger partial charge is 0.374 e. The first-order valence-corrected chi connectivity index (χ1v) is 5.75. The average molecular weight is 204 g/mol. The predicted molar refractivity (Wildman–Crippen MR) is 65.4 cm³/mol. The molecule has 0 fully saturated rings. The van der Waals surface area contributed by atoms with Gasteiger partial charge in [-0.1, -0.05) is 12.1 Å². The van der Waals surface area contributed by atoms with E-state index < -0.39 is 0 Å². The molecule has 1 aliphatic rings. The Labute approximate surface area is 92.1 Å². The molecule has 0 spiro atoms. The Morgan fingerprint density at radius 2 is 2.27 bits per heavy atom. The number of hydrogen-bond donors (Lipinski definition) is 1. The summed E-state index contributed by atoms with van der Waals surface area (Å²) in [6, 6.07) is 7.14. The molecule has 2 N–H and O–H groups in total. The number of nitrogens with zero attached hydrogens (tertiary/aromatic N) is 1. The van der Waals surface area contributed by atoms with Gasteiger partial charge in [-0.2, -0.15) is 0 Å². The number of benzene rings is 1. The molecule has 1 unspecified atom stereocenters. The molecule has 0 bridgehead atoms. The standard InChI is InChI=1S/C13H20N2/c1-10(14)3-4-11-5-6-13-12(9-11)7-8-15(13)2/h5-6,9-10H,3-4,7-8,14H2,1-2H3. The minimum Gasteiger partial charge on any atom is -0.374 e. The topological polar surface area (TPSA) is 29.3 Å². The third kappa shape index (κ3) is 2.32. The zero-order chi connectivity index (χ0) is 10.8. The van der Waals surface area contributed by atoms with Gasteiger partial charge >= 0.3 is 0 Å². The first-order chi connectivity index (χ1) is 7.16. The Hall–Kier alpha value is -1.02. The highest BCUT2D eigenvalue weighted by Crippen LogP contribution is 2.27. The van der Waals surface area contributed by atoms with E-state index in [-0.39, 0.29) is 0 Å². The molecular weight excluding hydrogens is 184 g/mol. The van der Waals surface area contributed by atoms with Crippen LogP contribution < -0.4 is 10.6 Å². The normalized spacial score (nSPS) is 16.6. The monoisotopic (exact) mass is 204 g/mol. The van der Waals surface area contributed by atoms with Crippen molar-refractivity contribution in [1.82, 2.24) is 0 Å². The summed E-state index contributed by atoms with van der Waals surface area (Å²) in [4.78, 5) is 2.32. The van der Waals surface area contributed by atoms with Crippen molar-refractivity contribution in [2.45, 2.75) is 32.2 Å². The number of hydrogen-bond acceptors (Lipinski definition) is 2. The Bertz CT molecular complexity index is 344. The predicted octanol–water partition coefficient (Wildman–Crippen LogP) is 1.96. The van der Waals surface area contributed by atoms with Crippen LogP contribution in [0.5, 0.6) is 0 Å². The van der Waals surface area contributed by atoms with E-state index in [1.165, 1.54) is 23.2 Å². The first-order valence-electron chi connectivity index (χ1n) is 5.75. The van der Waals surface area contributed by atoms with Gasteiger partial charge in [0.05, 0.1) is 0 Å². The summed E-state index contributed by atoms with van der Waals surface area (Å²) < 4.78 is 0. The average Bonchev–Trinajstić information content (AvgIpc) is 2.57. The van der Waals surface area contributed by atoms with E-state index in [1.54, 1.807) is 0 Å². The first kappa shape index (κ1) is 10.5. The van der Waals surface area contributed by atoms with Crippen molar-refractivity contribution in [2.75, 3.05) is 18.5 Å². The van der Waals surface area contributed by atoms with Crippen LogP contribution in [0.4, 0.5) is 5.69 Å². The van der Waals surface area contributed by atoms with Crippen LogP contribution >= 0.6 is 0 Å². The zero-order valence-electron chi connectivity index (χ0n) is 9.66. The SMILES string of the molecule is CC(N)CCc1ccc2c(c1)CCN2C. The van der Waals surface area contributed by atoms with Crippen LogP contribution in [-0.4, -0.2) is 19.6 Å². The van der Waals surface area contributed by atoms with Crippen molar-refractivity contribution in [1.29, 1.82) is 0 Å². The van der Waals surface area contributed by atoms with Crippen LogP contribution in [0.1, 0.15) is 24.5 Å². The van der Waals surface area contributed by atoms with Crippen LogP contribution in [0.3, 0.4) is 0 Å². The van der Waals surface area contributed by atoms with Gasteiger partial charge in [0.25, 0.3) is 0 Å². The van der Waals surface area contributed by atoms with Gasteiger partial charge < -0.3 is 10.6 Å². The lowest BCUT2D eigenvalue weighted by Gasteiger charge is -2.12. The Kier molecular flexibility index (Phi) is 2.96. The molecular formula is C13H20N2. The fraction of sp³-hybridized carbons (Fsp3) is 0.538. The van der Waals surface area contributed by atoms with E-state index >= 15 is 0 Å². The molecule has 2 heteroatoms. The molecule has 0 saturated heterocycles. The third-order valence-corrected chi connectivity index (χ3v) is 3.16. The van der Waals surface area contributed by atoms with E-state index in [9.17, 15) is 0 Å². The maximum absolute atomic E-state index is 5.77. The molecule has 0 radical (unpaired) electrons. The summed E-state index contributed by atoms with van der Waals surface area (Å²) >= 11 is 0. The minimum atomic E-state index is 0.306. The van der Waals surface area contributed by atoms with E-state index in [0.29, 0.717) is 6.04 Å². The molecule has 1 aromatic rings. The highest BCUT2D eigenvalue weighted by atomic mass is 15.1. The van der Waals surface area contributed by atoms with Crippen molar-refractivity contribution in [2.24, 2.45) is 5.73 Å². The lowest BCUT2D eigenvalue weighted by Crippen LogP contribution is -2.15. The van der Waals surface area contributed by atoms with Gasteiger partial charge in [0.2, 0.25) is 0 Å². The molecule has 0 amide bonds. The summed E-state index contributed by atoms with van der Waals surface area (Å²) in [6.07, 6.45) is 3.38. The molecule has 1 atom stereocenters. The van der Waals surface area contributed by atoms with Crippen LogP contribution in [0.25, 0.3) is 0 Å². The van der Waals surface area contributed by atoms with Crippen molar-refractivity contribution >= 4 is 5.69 Å². The van der Waals surface area contributed by atoms with Gasteiger partial charge in [-0.25, -0.2) is 0 Å². The molecule has 1 aliphatic heterocycles. The summed E-state index contributed by atoms with van der Waals surface area (Å²) in [6.45, 7) is 3.23. The lowest BCUT2D eigenvalue weighted by atomic mass is 10.0. The van der Waals surface area contributed by atoms with E-state index in [0.717, 1.165) is 19.4 Å². The highest BCUT2D eigenvalue weighted by Gasteiger charge is 2.15. The summed E-state index contributed by atoms with van der Waals surface area (Å²) in [5.41, 5.74) is 10.1. The van der Waals surface area contributed by atoms with Crippen LogP contribution in [0.15, 0.2) is 18.2 Å². The minimum absolute atomic E-state index is 0.306. The van der Waals surface area contributed by atoms with Crippen molar-refractivity contribution in [3.63, 3.8) is 0 Å². The quantitative estimate of drug-likeness (QED) is 0.815. The molecule has 0 saturated carbocycles. The van der Waals surface area contributed by atoms with Gasteiger partial charge in [0, 0.05) is 25.3 Å². The number of aryl methyl sites for hydroxylation is 1. The maximum Gasteiger partial charge on any atom is 0.0397 e. The van der Waals surface area contributed by atoms with Crippen LogP contribution in [0, 0.1) is 0 Å². The van der Waals surface area contributed by atoms with Crippen molar-refractivity contribution in [3.8, 4) is 0 Å². The van der Waals surface area contributed by atoms with Crippen LogP contribution in [0.2, 0.25) is 0 Å². The van der Waals surface area contributed by atoms with Gasteiger partial charge in [-0.3, -0.25) is 0 Å². The van der Waals surface area contributed by atoms with Gasteiger partial charge in [-0.05, 0) is 43.4 Å². The second-order valence-corrected chi connectivity index (χ2v) is 4.65. The Morgan fingerprint density at radius 3 is 3.00 bits per heavy atom. The number of likely N-dealkylation sites (N-methyl/N-ethyl adjacent to an activating group) is 1. The Balaban J connectivity index is 2.09. The van der Waals surface area contributed by atoms with Gasteiger partial charge in [0.1, 0.15) is 0 Å². The summed E-state index contributed by atoms with van der Waals surface area (Å²) in [5.74, 6) is 0. The molecule has 82 valence electrons. The number of anilines is 1. The molecule has 2 rings (SSSR count). The molecule has 2 nitrogen and oxygen atoms in total. The maximum atomic E-state index is 5.77. The third-order valence-electron chi connectivity index (χ3n) is 3.16. The van der Waals surface area contributed by atoms with E-state index in [2.05, 4.69) is 37.1 Å². The van der Waals surface area contributed by atoms with E-state index in [4.69, 9.17) is 5.73 Å².